The molecule has 1 atom stereocenters. The zero-order valence-electron chi connectivity index (χ0n) is 14.2. The number of nitrogens with zero attached hydrogens (tertiary/aromatic N) is 3. The number of morpholine rings is 1. The molecule has 6 nitrogen and oxygen atoms in total. The highest BCUT2D eigenvalue weighted by molar-refractivity contribution is 5.74. The van der Waals surface area contributed by atoms with Gasteiger partial charge in [-0.1, -0.05) is 19.1 Å². The number of hydrogen-bond donors (Lipinski definition) is 1. The molecule has 1 saturated heterocycles. The molecule has 1 aromatic heterocycles. The average molecular weight is 328 g/mol. The quantitative estimate of drug-likeness (QED) is 0.938. The van der Waals surface area contributed by atoms with Gasteiger partial charge in [-0.15, -0.1) is 0 Å². The average Bonchev–Trinajstić information content (AvgIpc) is 3.15. The number of rotatable bonds is 4. The molecule has 0 aliphatic carbocycles. The maximum absolute atomic E-state index is 12.4. The maximum Gasteiger partial charge on any atom is 0.317 e. The molecule has 24 heavy (non-hydrogen) atoms. The van der Waals surface area contributed by atoms with Crippen LogP contribution in [-0.4, -0.2) is 45.8 Å². The fourth-order valence-electron chi connectivity index (χ4n) is 2.81. The summed E-state index contributed by atoms with van der Waals surface area (Å²) in [6, 6.07) is 8.05. The summed E-state index contributed by atoms with van der Waals surface area (Å²) < 4.78 is 7.72. The Labute approximate surface area is 142 Å². The van der Waals surface area contributed by atoms with Gasteiger partial charge in [-0.3, -0.25) is 0 Å². The van der Waals surface area contributed by atoms with E-state index in [1.54, 1.807) is 12.5 Å². The molecule has 1 unspecified atom stereocenters. The van der Waals surface area contributed by atoms with E-state index in [-0.39, 0.29) is 11.6 Å². The number of urea groups is 1. The molecule has 0 radical (unpaired) electrons. The zero-order chi connectivity index (χ0) is 17.0. The van der Waals surface area contributed by atoms with Gasteiger partial charge >= 0.3 is 6.03 Å². The molecule has 1 aliphatic heterocycles. The van der Waals surface area contributed by atoms with Gasteiger partial charge < -0.3 is 19.5 Å². The van der Waals surface area contributed by atoms with Crippen LogP contribution in [-0.2, 0) is 11.3 Å². The molecular formula is C18H24N4O2. The number of amides is 2. The van der Waals surface area contributed by atoms with Crippen molar-refractivity contribution in [3.8, 4) is 5.69 Å². The van der Waals surface area contributed by atoms with Crippen molar-refractivity contribution >= 4 is 6.03 Å². The number of aromatic nitrogens is 2. The van der Waals surface area contributed by atoms with E-state index in [0.29, 0.717) is 26.2 Å². The third kappa shape index (κ3) is 3.76. The van der Waals surface area contributed by atoms with Gasteiger partial charge in [-0.2, -0.15) is 0 Å². The van der Waals surface area contributed by atoms with Crippen molar-refractivity contribution in [3.05, 3.63) is 48.5 Å². The van der Waals surface area contributed by atoms with E-state index in [2.05, 4.69) is 24.1 Å². The summed E-state index contributed by atoms with van der Waals surface area (Å²) in [4.78, 5) is 18.3. The fraction of sp³-hybridized carbons (Fsp3) is 0.444. The van der Waals surface area contributed by atoms with E-state index in [9.17, 15) is 4.79 Å². The molecule has 1 N–H and O–H groups in total. The van der Waals surface area contributed by atoms with E-state index in [1.807, 2.05) is 39.9 Å². The highest BCUT2D eigenvalue weighted by Gasteiger charge is 2.32. The van der Waals surface area contributed by atoms with Crippen LogP contribution >= 0.6 is 0 Å². The van der Waals surface area contributed by atoms with Crippen LogP contribution in [0.5, 0.6) is 0 Å². The second-order valence-corrected chi connectivity index (χ2v) is 6.37. The van der Waals surface area contributed by atoms with Crippen LogP contribution in [0.25, 0.3) is 5.69 Å². The second kappa shape index (κ2) is 7.05. The number of nitrogens with one attached hydrogen (secondary N) is 1. The SMILES string of the molecule is CCC1(C)CN(C(=O)NCc2ccc(-n3ccnc3)cc2)CCO1. The summed E-state index contributed by atoms with van der Waals surface area (Å²) in [6.07, 6.45) is 6.31. The Morgan fingerprint density at radius 2 is 2.17 bits per heavy atom. The smallest absolute Gasteiger partial charge is 0.317 e. The van der Waals surface area contributed by atoms with E-state index >= 15 is 0 Å². The predicted octanol–water partition coefficient (Wildman–Crippen LogP) is 2.58. The third-order valence-electron chi connectivity index (χ3n) is 4.55. The van der Waals surface area contributed by atoms with Crippen LogP contribution in [0.15, 0.2) is 43.0 Å². The van der Waals surface area contributed by atoms with Crippen molar-refractivity contribution in [2.45, 2.75) is 32.4 Å². The molecule has 3 rings (SSSR count). The van der Waals surface area contributed by atoms with Crippen LogP contribution in [0.3, 0.4) is 0 Å². The minimum absolute atomic E-state index is 0.0309. The van der Waals surface area contributed by atoms with Crippen LogP contribution in [0.4, 0.5) is 4.79 Å². The van der Waals surface area contributed by atoms with E-state index in [0.717, 1.165) is 17.7 Å². The molecule has 1 aliphatic rings. The Morgan fingerprint density at radius 3 is 2.83 bits per heavy atom. The summed E-state index contributed by atoms with van der Waals surface area (Å²) in [5.74, 6) is 0. The van der Waals surface area contributed by atoms with Gasteiger partial charge in [-0.05, 0) is 31.0 Å². The first-order valence-electron chi connectivity index (χ1n) is 8.34. The number of hydrogen-bond acceptors (Lipinski definition) is 3. The predicted molar refractivity (Wildman–Crippen MR) is 92.0 cm³/mol. The highest BCUT2D eigenvalue weighted by atomic mass is 16.5. The van der Waals surface area contributed by atoms with Crippen LogP contribution in [0, 0.1) is 0 Å². The Hall–Kier alpha value is -2.34. The molecule has 0 saturated carbocycles. The number of carbonyl (C=O) groups is 1. The van der Waals surface area contributed by atoms with Crippen molar-refractivity contribution in [1.29, 1.82) is 0 Å². The van der Waals surface area contributed by atoms with Crippen LogP contribution in [0.2, 0.25) is 0 Å². The summed E-state index contributed by atoms with van der Waals surface area (Å²) >= 11 is 0. The standard InChI is InChI=1S/C18H24N4O2/c1-3-18(2)13-21(10-11-24-18)17(23)20-12-15-4-6-16(7-5-15)22-9-8-19-14-22/h4-9,14H,3,10-13H2,1-2H3,(H,20,23). The lowest BCUT2D eigenvalue weighted by Crippen LogP contribution is -2.54. The monoisotopic (exact) mass is 328 g/mol. The largest absolute Gasteiger partial charge is 0.372 e. The Balaban J connectivity index is 1.54. The molecule has 0 spiro atoms. The lowest BCUT2D eigenvalue weighted by Gasteiger charge is -2.39. The van der Waals surface area contributed by atoms with Crippen LogP contribution < -0.4 is 5.32 Å². The summed E-state index contributed by atoms with van der Waals surface area (Å²) in [5.41, 5.74) is 1.88. The Morgan fingerprint density at radius 1 is 1.38 bits per heavy atom. The summed E-state index contributed by atoms with van der Waals surface area (Å²) in [6.45, 7) is 6.53. The minimum Gasteiger partial charge on any atom is -0.372 e. The number of imidazole rings is 1. The van der Waals surface area contributed by atoms with Gasteiger partial charge in [0.1, 0.15) is 0 Å². The molecule has 1 fully saturated rings. The first-order chi connectivity index (χ1) is 11.6. The summed E-state index contributed by atoms with van der Waals surface area (Å²) in [5, 5.41) is 3.00. The minimum atomic E-state index is -0.234. The molecule has 0 bridgehead atoms. The topological polar surface area (TPSA) is 59.4 Å². The van der Waals surface area contributed by atoms with Gasteiger partial charge in [-0.25, -0.2) is 9.78 Å². The molecule has 2 amide bonds. The van der Waals surface area contributed by atoms with Crippen molar-refractivity contribution in [2.75, 3.05) is 19.7 Å². The van der Waals surface area contributed by atoms with E-state index in [4.69, 9.17) is 4.74 Å². The third-order valence-corrected chi connectivity index (χ3v) is 4.55. The second-order valence-electron chi connectivity index (χ2n) is 6.37. The van der Waals surface area contributed by atoms with Gasteiger partial charge in [0.25, 0.3) is 0 Å². The first kappa shape index (κ1) is 16.5. The van der Waals surface area contributed by atoms with Gasteiger partial charge in [0.2, 0.25) is 0 Å². The van der Waals surface area contributed by atoms with Crippen molar-refractivity contribution < 1.29 is 9.53 Å². The summed E-state index contributed by atoms with van der Waals surface area (Å²) in [7, 11) is 0. The number of ether oxygens (including phenoxy) is 1. The number of carbonyl (C=O) groups excluding carboxylic acids is 1. The van der Waals surface area contributed by atoms with Gasteiger partial charge in [0.15, 0.2) is 0 Å². The zero-order valence-corrected chi connectivity index (χ0v) is 14.2. The van der Waals surface area contributed by atoms with Gasteiger partial charge in [0, 0.05) is 31.2 Å². The Kier molecular flexibility index (Phi) is 4.85. The van der Waals surface area contributed by atoms with Crippen molar-refractivity contribution in [3.63, 3.8) is 0 Å². The molecule has 6 heteroatoms. The normalized spacial score (nSPS) is 20.8. The lowest BCUT2D eigenvalue weighted by molar-refractivity contribution is -0.0872. The van der Waals surface area contributed by atoms with Gasteiger partial charge in [0.05, 0.1) is 25.1 Å². The molecule has 2 heterocycles. The molecule has 128 valence electrons. The maximum atomic E-state index is 12.4. The fourth-order valence-corrected chi connectivity index (χ4v) is 2.81. The lowest BCUT2D eigenvalue weighted by atomic mass is 10.0. The molecule has 1 aromatic carbocycles. The number of benzene rings is 1. The Bertz CT molecular complexity index is 669. The van der Waals surface area contributed by atoms with E-state index in [1.165, 1.54) is 0 Å². The van der Waals surface area contributed by atoms with Crippen LogP contribution in [0.1, 0.15) is 25.8 Å². The van der Waals surface area contributed by atoms with E-state index < -0.39 is 0 Å². The molecular weight excluding hydrogens is 304 g/mol. The first-order valence-corrected chi connectivity index (χ1v) is 8.34. The van der Waals surface area contributed by atoms with Crippen molar-refractivity contribution in [2.24, 2.45) is 0 Å². The molecule has 2 aromatic rings. The van der Waals surface area contributed by atoms with Crippen molar-refractivity contribution in [1.82, 2.24) is 19.8 Å². The highest BCUT2D eigenvalue weighted by Crippen LogP contribution is 2.21.